The molecule has 1 saturated heterocycles. The quantitative estimate of drug-likeness (QED) is 0.798. The van der Waals surface area contributed by atoms with Crippen LogP contribution in [0.2, 0.25) is 0 Å². The van der Waals surface area contributed by atoms with Gasteiger partial charge in [-0.3, -0.25) is 0 Å². The van der Waals surface area contributed by atoms with Crippen LogP contribution in [0.25, 0.3) is 10.9 Å². The average Bonchev–Trinajstić information content (AvgIpc) is 2.40. The number of morpholine rings is 1. The summed E-state index contributed by atoms with van der Waals surface area (Å²) < 4.78 is 5.32. The highest BCUT2D eigenvalue weighted by Gasteiger charge is 2.16. The van der Waals surface area contributed by atoms with Crippen LogP contribution in [0.4, 0.5) is 5.82 Å². The third-order valence-electron chi connectivity index (χ3n) is 2.93. The molecule has 5 nitrogen and oxygen atoms in total. The number of fused-ring (bicyclic) bond motifs is 1. The van der Waals surface area contributed by atoms with Crippen molar-refractivity contribution in [2.24, 2.45) is 0 Å². The van der Waals surface area contributed by atoms with Gasteiger partial charge in [-0.05, 0) is 12.1 Å². The van der Waals surface area contributed by atoms with Crippen molar-refractivity contribution >= 4 is 16.7 Å². The molecule has 0 atom stereocenters. The van der Waals surface area contributed by atoms with E-state index in [-0.39, 0.29) is 5.75 Å². The fraction of sp³-hybridized carbons (Fsp3) is 0.333. The van der Waals surface area contributed by atoms with Crippen molar-refractivity contribution in [2.45, 2.75) is 0 Å². The van der Waals surface area contributed by atoms with Crippen LogP contribution in [-0.2, 0) is 4.74 Å². The minimum Gasteiger partial charge on any atom is -0.506 e. The number of benzene rings is 1. The lowest BCUT2D eigenvalue weighted by Crippen LogP contribution is -2.36. The van der Waals surface area contributed by atoms with Gasteiger partial charge in [0, 0.05) is 18.5 Å². The van der Waals surface area contributed by atoms with Crippen LogP contribution in [0.15, 0.2) is 24.5 Å². The van der Waals surface area contributed by atoms with Crippen LogP contribution < -0.4 is 4.90 Å². The first kappa shape index (κ1) is 10.3. The Labute approximate surface area is 98.7 Å². The zero-order valence-corrected chi connectivity index (χ0v) is 9.33. The maximum absolute atomic E-state index is 9.76. The number of para-hydroxylation sites is 1. The molecule has 1 fully saturated rings. The lowest BCUT2D eigenvalue weighted by atomic mass is 10.2. The third-order valence-corrected chi connectivity index (χ3v) is 2.93. The molecule has 17 heavy (non-hydrogen) atoms. The molecule has 88 valence electrons. The van der Waals surface area contributed by atoms with Gasteiger partial charge in [0.05, 0.1) is 13.2 Å². The zero-order valence-electron chi connectivity index (χ0n) is 9.33. The summed E-state index contributed by atoms with van der Waals surface area (Å²) in [4.78, 5) is 10.6. The van der Waals surface area contributed by atoms with Gasteiger partial charge >= 0.3 is 0 Å². The van der Waals surface area contributed by atoms with E-state index in [9.17, 15) is 5.11 Å². The Hall–Kier alpha value is -1.88. The van der Waals surface area contributed by atoms with E-state index in [4.69, 9.17) is 4.74 Å². The molecule has 0 saturated carbocycles. The fourth-order valence-electron chi connectivity index (χ4n) is 2.09. The Bertz CT molecular complexity index is 538. The largest absolute Gasteiger partial charge is 0.506 e. The Morgan fingerprint density at radius 1 is 1.18 bits per heavy atom. The van der Waals surface area contributed by atoms with Crippen LogP contribution in [0.3, 0.4) is 0 Å². The second-order valence-corrected chi connectivity index (χ2v) is 3.97. The summed E-state index contributed by atoms with van der Waals surface area (Å²) in [6.07, 6.45) is 1.49. The number of nitrogens with zero attached hydrogens (tertiary/aromatic N) is 3. The van der Waals surface area contributed by atoms with Gasteiger partial charge in [-0.15, -0.1) is 0 Å². The van der Waals surface area contributed by atoms with E-state index in [0.717, 1.165) is 24.3 Å². The standard InChI is InChI=1S/C12H13N3O2/c16-10-3-1-2-9-11(10)13-8-14-12(9)15-4-6-17-7-5-15/h1-3,8,16H,4-7H2. The van der Waals surface area contributed by atoms with Gasteiger partial charge in [0.2, 0.25) is 0 Å². The highest BCUT2D eigenvalue weighted by Crippen LogP contribution is 2.28. The van der Waals surface area contributed by atoms with Crippen molar-refractivity contribution in [3.05, 3.63) is 24.5 Å². The highest BCUT2D eigenvalue weighted by molar-refractivity contribution is 5.92. The van der Waals surface area contributed by atoms with E-state index in [1.165, 1.54) is 6.33 Å². The molecule has 0 aliphatic carbocycles. The summed E-state index contributed by atoms with van der Waals surface area (Å²) in [7, 11) is 0. The van der Waals surface area contributed by atoms with E-state index in [2.05, 4.69) is 14.9 Å². The monoisotopic (exact) mass is 231 g/mol. The van der Waals surface area contributed by atoms with E-state index >= 15 is 0 Å². The Morgan fingerprint density at radius 2 is 2.00 bits per heavy atom. The van der Waals surface area contributed by atoms with Crippen molar-refractivity contribution in [2.75, 3.05) is 31.2 Å². The Morgan fingerprint density at radius 3 is 2.82 bits per heavy atom. The number of anilines is 1. The predicted octanol–water partition coefficient (Wildman–Crippen LogP) is 1.17. The molecule has 1 N–H and O–H groups in total. The zero-order chi connectivity index (χ0) is 11.7. The van der Waals surface area contributed by atoms with Crippen molar-refractivity contribution < 1.29 is 9.84 Å². The normalized spacial score (nSPS) is 16.4. The number of aromatic nitrogens is 2. The average molecular weight is 231 g/mol. The summed E-state index contributed by atoms with van der Waals surface area (Å²) in [5, 5.41) is 10.6. The maximum Gasteiger partial charge on any atom is 0.142 e. The fourth-order valence-corrected chi connectivity index (χ4v) is 2.09. The van der Waals surface area contributed by atoms with Gasteiger partial charge in [-0.25, -0.2) is 9.97 Å². The van der Waals surface area contributed by atoms with Gasteiger partial charge in [0.1, 0.15) is 23.4 Å². The first-order chi connectivity index (χ1) is 8.36. The second kappa shape index (κ2) is 4.18. The molecule has 1 aromatic heterocycles. The summed E-state index contributed by atoms with van der Waals surface area (Å²) in [5.41, 5.74) is 0.601. The third kappa shape index (κ3) is 1.78. The van der Waals surface area contributed by atoms with Crippen LogP contribution in [0, 0.1) is 0 Å². The molecule has 1 aromatic carbocycles. The van der Waals surface area contributed by atoms with E-state index in [1.54, 1.807) is 6.07 Å². The first-order valence-electron chi connectivity index (χ1n) is 5.61. The molecule has 0 amide bonds. The molecule has 1 aliphatic heterocycles. The van der Waals surface area contributed by atoms with Gasteiger partial charge < -0.3 is 14.7 Å². The lowest BCUT2D eigenvalue weighted by molar-refractivity contribution is 0.122. The van der Waals surface area contributed by atoms with Gasteiger partial charge in [0.25, 0.3) is 0 Å². The SMILES string of the molecule is Oc1cccc2c(N3CCOCC3)ncnc12. The molecular formula is C12H13N3O2. The molecule has 2 heterocycles. The number of hydrogen-bond donors (Lipinski definition) is 1. The topological polar surface area (TPSA) is 58.5 Å². The molecule has 0 bridgehead atoms. The van der Waals surface area contributed by atoms with Crippen molar-refractivity contribution in [1.82, 2.24) is 9.97 Å². The number of rotatable bonds is 1. The van der Waals surface area contributed by atoms with Crippen molar-refractivity contribution in [3.63, 3.8) is 0 Å². The number of aromatic hydroxyl groups is 1. The molecule has 0 unspecified atom stereocenters. The maximum atomic E-state index is 9.76. The van der Waals surface area contributed by atoms with E-state index < -0.39 is 0 Å². The number of phenols is 1. The molecule has 1 aliphatic rings. The summed E-state index contributed by atoms with van der Waals surface area (Å²) in [6.45, 7) is 3.07. The molecule has 5 heteroatoms. The van der Waals surface area contributed by atoms with Crippen molar-refractivity contribution in [1.29, 1.82) is 0 Å². The smallest absolute Gasteiger partial charge is 0.142 e. The van der Waals surface area contributed by atoms with Crippen LogP contribution in [0.1, 0.15) is 0 Å². The Kier molecular flexibility index (Phi) is 2.53. The van der Waals surface area contributed by atoms with Gasteiger partial charge in [0.15, 0.2) is 0 Å². The summed E-state index contributed by atoms with van der Waals surface area (Å²) >= 11 is 0. The molecule has 0 spiro atoms. The van der Waals surface area contributed by atoms with Crippen LogP contribution in [0.5, 0.6) is 5.75 Å². The number of ether oxygens (including phenoxy) is 1. The van der Waals surface area contributed by atoms with Crippen molar-refractivity contribution in [3.8, 4) is 5.75 Å². The minimum absolute atomic E-state index is 0.194. The molecule has 0 radical (unpaired) electrons. The van der Waals surface area contributed by atoms with E-state index in [0.29, 0.717) is 18.7 Å². The highest BCUT2D eigenvalue weighted by atomic mass is 16.5. The predicted molar refractivity (Wildman–Crippen MR) is 64.2 cm³/mol. The van der Waals surface area contributed by atoms with E-state index in [1.807, 2.05) is 12.1 Å². The molecule has 2 aromatic rings. The summed E-state index contributed by atoms with van der Waals surface area (Å²) in [5.74, 6) is 1.06. The van der Waals surface area contributed by atoms with Gasteiger partial charge in [-0.2, -0.15) is 0 Å². The first-order valence-corrected chi connectivity index (χ1v) is 5.61. The van der Waals surface area contributed by atoms with Crippen LogP contribution >= 0.6 is 0 Å². The molecule has 3 rings (SSSR count). The lowest BCUT2D eigenvalue weighted by Gasteiger charge is -2.28. The van der Waals surface area contributed by atoms with Gasteiger partial charge in [-0.1, -0.05) is 6.07 Å². The molecular weight excluding hydrogens is 218 g/mol. The number of hydrogen-bond acceptors (Lipinski definition) is 5. The minimum atomic E-state index is 0.194. The number of phenolic OH excluding ortho intramolecular Hbond substituents is 1. The second-order valence-electron chi connectivity index (χ2n) is 3.97. The Balaban J connectivity index is 2.12. The summed E-state index contributed by atoms with van der Waals surface area (Å²) in [6, 6.07) is 5.38. The van der Waals surface area contributed by atoms with Crippen LogP contribution in [-0.4, -0.2) is 41.4 Å².